The molecule has 0 atom stereocenters. The Morgan fingerprint density at radius 3 is 2.03 bits per heavy atom. The summed E-state index contributed by atoms with van der Waals surface area (Å²) in [5.41, 5.74) is 2.79. The Balaban J connectivity index is 2.13. The zero-order chi connectivity index (χ0) is 21.7. The number of para-hydroxylation sites is 1. The zero-order valence-corrected chi connectivity index (χ0v) is 14.7. The number of alkyl halides is 6. The summed E-state index contributed by atoms with van der Waals surface area (Å²) in [4.78, 5) is 15.3. The molecular weight excluding hydrogens is 400 g/mol. The van der Waals surface area contributed by atoms with Crippen molar-refractivity contribution in [2.45, 2.75) is 18.8 Å². The van der Waals surface area contributed by atoms with E-state index in [1.165, 1.54) is 12.3 Å². The van der Waals surface area contributed by atoms with Crippen LogP contribution < -0.4 is 11.1 Å². The molecule has 2 aromatic carbocycles. The number of carbonyl (C=O) groups excluding carboxylic acids is 1. The molecule has 3 N–H and O–H groups in total. The summed E-state index contributed by atoms with van der Waals surface area (Å²) in [6, 6.07) is 9.83. The van der Waals surface area contributed by atoms with Crippen molar-refractivity contribution in [3.05, 3.63) is 77.5 Å². The van der Waals surface area contributed by atoms with Gasteiger partial charge in [-0.3, -0.25) is 4.79 Å². The predicted octanol–water partition coefficient (Wildman–Crippen LogP) is 4.78. The van der Waals surface area contributed by atoms with E-state index in [1.807, 2.05) is 0 Å². The Bertz CT molecular complexity index is 886. The molecule has 2 aromatic rings. The van der Waals surface area contributed by atoms with Crippen LogP contribution in [0.15, 0.2) is 65.8 Å². The lowest BCUT2D eigenvalue weighted by molar-refractivity contribution is -0.143. The van der Waals surface area contributed by atoms with Crippen LogP contribution >= 0.6 is 0 Å². The van der Waals surface area contributed by atoms with Crippen molar-refractivity contribution in [1.82, 2.24) is 0 Å². The van der Waals surface area contributed by atoms with E-state index in [9.17, 15) is 31.1 Å². The second kappa shape index (κ2) is 8.80. The number of hydrogen-bond donors (Lipinski definition) is 2. The van der Waals surface area contributed by atoms with E-state index in [-0.39, 0.29) is 11.9 Å². The number of nitrogens with one attached hydrogen (secondary N) is 1. The first-order valence-corrected chi connectivity index (χ1v) is 8.08. The lowest BCUT2D eigenvalue weighted by Gasteiger charge is -2.13. The molecule has 29 heavy (non-hydrogen) atoms. The fourth-order valence-electron chi connectivity index (χ4n) is 2.27. The van der Waals surface area contributed by atoms with Crippen molar-refractivity contribution in [3.63, 3.8) is 0 Å². The van der Waals surface area contributed by atoms with Gasteiger partial charge in [0.05, 0.1) is 17.5 Å². The first kappa shape index (κ1) is 22.0. The van der Waals surface area contributed by atoms with Crippen molar-refractivity contribution in [1.29, 1.82) is 0 Å². The third-order valence-electron chi connectivity index (χ3n) is 3.53. The minimum absolute atomic E-state index is 0.0103. The molecule has 0 saturated carbocycles. The molecule has 2 rings (SSSR count). The molecule has 0 aliphatic carbocycles. The molecule has 1 amide bonds. The number of carbonyl (C=O) groups is 1. The van der Waals surface area contributed by atoms with Crippen LogP contribution in [0, 0.1) is 0 Å². The lowest BCUT2D eigenvalue weighted by atomic mass is 10.0. The molecule has 0 aromatic heterocycles. The van der Waals surface area contributed by atoms with Gasteiger partial charge in [0, 0.05) is 11.9 Å². The van der Waals surface area contributed by atoms with Crippen molar-refractivity contribution >= 4 is 17.4 Å². The minimum Gasteiger partial charge on any atom is -0.384 e. The first-order valence-electron chi connectivity index (χ1n) is 8.08. The van der Waals surface area contributed by atoms with E-state index in [0.29, 0.717) is 12.1 Å². The van der Waals surface area contributed by atoms with Gasteiger partial charge in [-0.05, 0) is 42.0 Å². The summed E-state index contributed by atoms with van der Waals surface area (Å²) in [7, 11) is 0. The highest BCUT2D eigenvalue weighted by Gasteiger charge is 2.36. The van der Waals surface area contributed by atoms with Crippen LogP contribution in [0.1, 0.15) is 16.7 Å². The summed E-state index contributed by atoms with van der Waals surface area (Å²) in [5, 5.41) is 2.84. The first-order chi connectivity index (χ1) is 13.4. The number of nitrogens with two attached hydrogens (primary N) is 1. The third kappa shape index (κ3) is 6.98. The summed E-state index contributed by atoms with van der Waals surface area (Å²) in [5.74, 6) is -1.25. The lowest BCUT2D eigenvalue weighted by Crippen LogP contribution is -2.15. The topological polar surface area (TPSA) is 67.5 Å². The number of anilines is 1. The number of amides is 1. The molecule has 0 fully saturated rings. The van der Waals surface area contributed by atoms with E-state index in [4.69, 9.17) is 5.73 Å². The second-order valence-electron chi connectivity index (χ2n) is 5.87. The maximum absolute atomic E-state index is 12.8. The monoisotopic (exact) mass is 415 g/mol. The highest BCUT2D eigenvalue weighted by molar-refractivity contribution is 6.00. The normalized spacial score (nSPS) is 13.0. The molecular formula is C19H15F6N3O. The van der Waals surface area contributed by atoms with Crippen LogP contribution in [0.4, 0.5) is 32.0 Å². The molecule has 154 valence electrons. The number of rotatable bonds is 5. The Labute approximate surface area is 161 Å². The van der Waals surface area contributed by atoms with Gasteiger partial charge in [0.15, 0.2) is 0 Å². The van der Waals surface area contributed by atoms with E-state index < -0.39 is 41.4 Å². The molecule has 0 saturated heterocycles. The van der Waals surface area contributed by atoms with Crippen molar-refractivity contribution in [2.75, 3.05) is 5.32 Å². The van der Waals surface area contributed by atoms with Gasteiger partial charge in [0.25, 0.3) is 5.91 Å². The number of aliphatic imine (C=N–C) groups is 1. The van der Waals surface area contributed by atoms with Crippen LogP contribution in [0.2, 0.25) is 0 Å². The highest BCUT2D eigenvalue weighted by Crippen LogP contribution is 2.36. The molecule has 0 bridgehead atoms. The summed E-state index contributed by atoms with van der Waals surface area (Å²) < 4.78 is 77.1. The smallest absolute Gasteiger partial charge is 0.384 e. The van der Waals surface area contributed by atoms with E-state index >= 15 is 0 Å². The number of halogens is 6. The van der Waals surface area contributed by atoms with Gasteiger partial charge in [-0.1, -0.05) is 18.2 Å². The minimum atomic E-state index is -4.99. The van der Waals surface area contributed by atoms with Crippen molar-refractivity contribution in [2.24, 2.45) is 10.7 Å². The number of amidine groups is 1. The van der Waals surface area contributed by atoms with Crippen LogP contribution in [0.5, 0.6) is 0 Å². The molecule has 0 heterocycles. The Morgan fingerprint density at radius 2 is 1.52 bits per heavy atom. The molecule has 10 heteroatoms. The average molecular weight is 415 g/mol. The Kier molecular flexibility index (Phi) is 6.68. The quantitative estimate of drug-likeness (QED) is 0.420. The molecule has 4 nitrogen and oxygen atoms in total. The van der Waals surface area contributed by atoms with E-state index in [0.717, 1.165) is 5.69 Å². The Morgan fingerprint density at radius 1 is 0.966 bits per heavy atom. The maximum Gasteiger partial charge on any atom is 0.416 e. The van der Waals surface area contributed by atoms with Gasteiger partial charge < -0.3 is 11.1 Å². The summed E-state index contributed by atoms with van der Waals surface area (Å²) in [6.45, 7) is 0. The molecule has 0 radical (unpaired) electrons. The maximum atomic E-state index is 12.8. The van der Waals surface area contributed by atoms with Gasteiger partial charge in [0.1, 0.15) is 5.84 Å². The summed E-state index contributed by atoms with van der Waals surface area (Å²) in [6.07, 6.45) is -8.14. The second-order valence-corrected chi connectivity index (χ2v) is 5.87. The number of benzene rings is 2. The van der Waals surface area contributed by atoms with Crippen molar-refractivity contribution < 1.29 is 31.1 Å². The van der Waals surface area contributed by atoms with Gasteiger partial charge >= 0.3 is 12.4 Å². The highest BCUT2D eigenvalue weighted by atomic mass is 19.4. The van der Waals surface area contributed by atoms with Gasteiger partial charge in [-0.2, -0.15) is 31.3 Å². The largest absolute Gasteiger partial charge is 0.416 e. The van der Waals surface area contributed by atoms with Crippen molar-refractivity contribution in [3.8, 4) is 0 Å². The molecule has 0 aliphatic rings. The predicted molar refractivity (Wildman–Crippen MR) is 96.0 cm³/mol. The van der Waals surface area contributed by atoms with Gasteiger partial charge in [0.2, 0.25) is 0 Å². The van der Waals surface area contributed by atoms with Crippen LogP contribution in [-0.2, 0) is 23.6 Å². The van der Waals surface area contributed by atoms with E-state index in [2.05, 4.69) is 10.3 Å². The number of nitrogens with zero attached hydrogens (tertiary/aromatic N) is 1. The Hall–Kier alpha value is -3.30. The van der Waals surface area contributed by atoms with Gasteiger partial charge in [-0.25, -0.2) is 0 Å². The fraction of sp³-hybridized carbons (Fsp3) is 0.158. The SMILES string of the molecule is NC(/C=C\Nc1ccccc1)=NC(=O)Cc1cc(C(F)(F)F)cc(C(F)(F)F)c1. The van der Waals surface area contributed by atoms with Crippen LogP contribution in [0.3, 0.4) is 0 Å². The van der Waals surface area contributed by atoms with Gasteiger partial charge in [-0.15, -0.1) is 0 Å². The molecule has 0 spiro atoms. The number of hydrogen-bond acceptors (Lipinski definition) is 2. The summed E-state index contributed by atoms with van der Waals surface area (Å²) >= 11 is 0. The standard InChI is InChI=1S/C19H15F6N3O/c20-18(21,22)13-8-12(9-14(11-13)19(23,24)25)10-17(29)28-16(26)6-7-27-15-4-2-1-3-5-15/h1-9,11,27H,10H2,(H2,26,28,29)/b7-6-. The average Bonchev–Trinajstić information content (AvgIpc) is 2.60. The zero-order valence-electron chi connectivity index (χ0n) is 14.7. The van der Waals surface area contributed by atoms with Crippen LogP contribution in [0.25, 0.3) is 0 Å². The fourth-order valence-corrected chi connectivity index (χ4v) is 2.27. The molecule has 0 aliphatic heterocycles. The molecule has 0 unspecified atom stereocenters. The van der Waals surface area contributed by atoms with Crippen LogP contribution in [-0.4, -0.2) is 11.7 Å². The third-order valence-corrected chi connectivity index (χ3v) is 3.53. The van der Waals surface area contributed by atoms with E-state index in [1.54, 1.807) is 30.3 Å².